The number of cyclic esters (lactones) is 1. The maximum atomic E-state index is 13.2. The van der Waals surface area contributed by atoms with Crippen molar-refractivity contribution in [2.45, 2.75) is 60.1 Å². The summed E-state index contributed by atoms with van der Waals surface area (Å²) in [6.07, 6.45) is -1.05. The molecule has 1 saturated heterocycles. The standard InChI is InChI=1S/C21H27N3O6/c1-11-8-9-13(22-12(2)25)10-14(11)23-17(27)15(16(26)20(3,4)5)24-18(28)21(6,7)30-19(24)29/h8-10,15H,1-7H3,(H,22,25)(H,23,27). The number of ether oxygens (including phenoxy) is 1. The van der Waals surface area contributed by atoms with Gasteiger partial charge in [-0.1, -0.05) is 26.8 Å². The molecule has 1 atom stereocenters. The van der Waals surface area contributed by atoms with Crippen LogP contribution in [-0.4, -0.2) is 46.1 Å². The Morgan fingerprint density at radius 3 is 2.17 bits per heavy atom. The second-order valence-electron chi connectivity index (χ2n) is 8.77. The number of amides is 4. The summed E-state index contributed by atoms with van der Waals surface area (Å²) < 4.78 is 5.06. The van der Waals surface area contributed by atoms with E-state index in [4.69, 9.17) is 4.74 Å². The summed E-state index contributed by atoms with van der Waals surface area (Å²) >= 11 is 0. The quantitative estimate of drug-likeness (QED) is 0.710. The monoisotopic (exact) mass is 417 g/mol. The van der Waals surface area contributed by atoms with E-state index in [1.54, 1.807) is 39.8 Å². The lowest BCUT2D eigenvalue weighted by atomic mass is 9.85. The zero-order valence-corrected chi connectivity index (χ0v) is 18.2. The number of carbonyl (C=O) groups excluding carboxylic acids is 5. The van der Waals surface area contributed by atoms with Crippen molar-refractivity contribution in [3.63, 3.8) is 0 Å². The predicted molar refractivity (Wildman–Crippen MR) is 110 cm³/mol. The molecule has 0 saturated carbocycles. The van der Waals surface area contributed by atoms with Crippen LogP contribution in [0.25, 0.3) is 0 Å². The highest BCUT2D eigenvalue weighted by molar-refractivity contribution is 6.19. The molecule has 1 heterocycles. The molecule has 2 N–H and O–H groups in total. The van der Waals surface area contributed by atoms with Gasteiger partial charge in [-0.15, -0.1) is 0 Å². The Labute approximate surface area is 175 Å². The SMILES string of the molecule is CC(=O)Nc1ccc(C)c(NC(=O)C(C(=O)C(C)(C)C)N2C(=O)OC(C)(C)C2=O)c1. The van der Waals surface area contributed by atoms with Gasteiger partial charge in [-0.05, 0) is 38.5 Å². The Hall–Kier alpha value is -3.23. The van der Waals surface area contributed by atoms with Crippen LogP contribution in [0.3, 0.4) is 0 Å². The van der Waals surface area contributed by atoms with E-state index in [9.17, 15) is 24.0 Å². The van der Waals surface area contributed by atoms with Crippen LogP contribution in [-0.2, 0) is 23.9 Å². The van der Waals surface area contributed by atoms with Gasteiger partial charge in [-0.25, -0.2) is 9.69 Å². The van der Waals surface area contributed by atoms with Gasteiger partial charge >= 0.3 is 6.09 Å². The lowest BCUT2D eigenvalue weighted by molar-refractivity contribution is -0.145. The molecule has 30 heavy (non-hydrogen) atoms. The minimum absolute atomic E-state index is 0.287. The van der Waals surface area contributed by atoms with Crippen molar-refractivity contribution < 1.29 is 28.7 Å². The zero-order chi connectivity index (χ0) is 23.0. The maximum absolute atomic E-state index is 13.2. The van der Waals surface area contributed by atoms with Crippen LogP contribution in [0.1, 0.15) is 47.1 Å². The molecular formula is C21H27N3O6. The van der Waals surface area contributed by atoms with Gasteiger partial charge < -0.3 is 15.4 Å². The topological polar surface area (TPSA) is 122 Å². The number of hydrogen-bond donors (Lipinski definition) is 2. The smallest absolute Gasteiger partial charge is 0.418 e. The van der Waals surface area contributed by atoms with Crippen LogP contribution >= 0.6 is 0 Å². The highest BCUT2D eigenvalue weighted by atomic mass is 16.6. The third-order valence-electron chi connectivity index (χ3n) is 4.58. The largest absolute Gasteiger partial charge is 0.433 e. The summed E-state index contributed by atoms with van der Waals surface area (Å²) in [5, 5.41) is 5.22. The van der Waals surface area contributed by atoms with Crippen LogP contribution in [0.2, 0.25) is 0 Å². The Kier molecular flexibility index (Phi) is 6.06. The number of Topliss-reactive ketones (excluding diaryl/α,β-unsaturated/α-hetero) is 1. The van der Waals surface area contributed by atoms with Gasteiger partial charge in [0.2, 0.25) is 5.91 Å². The van der Waals surface area contributed by atoms with Crippen LogP contribution in [0.5, 0.6) is 0 Å². The average molecular weight is 417 g/mol. The number of nitrogens with one attached hydrogen (secondary N) is 2. The first-order valence-electron chi connectivity index (χ1n) is 9.45. The van der Waals surface area contributed by atoms with Gasteiger partial charge in [0.05, 0.1) is 0 Å². The number of ketones is 1. The Bertz CT molecular complexity index is 929. The van der Waals surface area contributed by atoms with E-state index in [0.717, 1.165) is 0 Å². The first kappa shape index (κ1) is 23.1. The van der Waals surface area contributed by atoms with Crippen molar-refractivity contribution in [1.29, 1.82) is 0 Å². The van der Waals surface area contributed by atoms with E-state index < -0.39 is 40.7 Å². The molecule has 9 heteroatoms. The van der Waals surface area contributed by atoms with Crippen molar-refractivity contribution in [1.82, 2.24) is 4.90 Å². The second kappa shape index (κ2) is 7.89. The molecule has 0 aromatic heterocycles. The molecule has 0 radical (unpaired) electrons. The molecule has 1 aliphatic heterocycles. The summed E-state index contributed by atoms with van der Waals surface area (Å²) in [5.74, 6) is -2.52. The van der Waals surface area contributed by atoms with Crippen molar-refractivity contribution >= 4 is 41.0 Å². The lowest BCUT2D eigenvalue weighted by Crippen LogP contribution is -2.55. The van der Waals surface area contributed by atoms with Gasteiger partial charge in [0.15, 0.2) is 17.4 Å². The summed E-state index contributed by atoms with van der Waals surface area (Å²) in [5.41, 5.74) is -1.05. The Morgan fingerprint density at radius 2 is 1.70 bits per heavy atom. The summed E-state index contributed by atoms with van der Waals surface area (Å²) in [6.45, 7) is 10.6. The molecule has 4 amide bonds. The molecule has 0 spiro atoms. The third-order valence-corrected chi connectivity index (χ3v) is 4.58. The summed E-state index contributed by atoms with van der Waals surface area (Å²) in [4.78, 5) is 63.2. The molecule has 162 valence electrons. The minimum atomic E-state index is -1.70. The number of nitrogens with zero attached hydrogens (tertiary/aromatic N) is 1. The number of aryl methyl sites for hydroxylation is 1. The van der Waals surface area contributed by atoms with E-state index in [0.29, 0.717) is 21.8 Å². The molecule has 1 fully saturated rings. The molecule has 9 nitrogen and oxygen atoms in total. The number of carbonyl (C=O) groups is 5. The number of benzene rings is 1. The molecule has 2 rings (SSSR count). The number of imide groups is 1. The number of rotatable bonds is 5. The summed E-state index contributed by atoms with van der Waals surface area (Å²) in [7, 11) is 0. The Balaban J connectivity index is 2.44. The number of hydrogen-bond acceptors (Lipinski definition) is 6. The first-order valence-corrected chi connectivity index (χ1v) is 9.45. The minimum Gasteiger partial charge on any atom is -0.433 e. The first-order chi connectivity index (χ1) is 13.6. The molecule has 1 aromatic carbocycles. The van der Waals surface area contributed by atoms with Crippen LogP contribution in [0, 0.1) is 12.3 Å². The van der Waals surface area contributed by atoms with E-state index in [1.807, 2.05) is 0 Å². The van der Waals surface area contributed by atoms with Crippen molar-refractivity contribution in [3.05, 3.63) is 23.8 Å². The van der Waals surface area contributed by atoms with Gasteiger partial charge in [0.25, 0.3) is 11.8 Å². The van der Waals surface area contributed by atoms with Crippen molar-refractivity contribution in [2.24, 2.45) is 5.41 Å². The lowest BCUT2D eigenvalue weighted by Gasteiger charge is -2.28. The molecule has 0 bridgehead atoms. The summed E-state index contributed by atoms with van der Waals surface area (Å²) in [6, 6.07) is 3.17. The van der Waals surface area contributed by atoms with Gasteiger partial charge in [-0.3, -0.25) is 19.2 Å². The zero-order valence-electron chi connectivity index (χ0n) is 18.2. The average Bonchev–Trinajstić information content (AvgIpc) is 2.78. The van der Waals surface area contributed by atoms with E-state index in [-0.39, 0.29) is 5.91 Å². The highest BCUT2D eigenvalue weighted by Gasteiger charge is 2.55. The molecule has 1 aliphatic rings. The molecule has 0 aliphatic carbocycles. The Morgan fingerprint density at radius 1 is 1.10 bits per heavy atom. The van der Waals surface area contributed by atoms with E-state index in [1.165, 1.54) is 26.8 Å². The maximum Gasteiger partial charge on any atom is 0.418 e. The van der Waals surface area contributed by atoms with E-state index >= 15 is 0 Å². The van der Waals surface area contributed by atoms with Crippen LogP contribution < -0.4 is 10.6 Å². The van der Waals surface area contributed by atoms with Crippen molar-refractivity contribution in [2.75, 3.05) is 10.6 Å². The third kappa shape index (κ3) is 4.67. The van der Waals surface area contributed by atoms with Crippen LogP contribution in [0.15, 0.2) is 18.2 Å². The normalized spacial score (nSPS) is 16.7. The fourth-order valence-electron chi connectivity index (χ4n) is 2.91. The fourth-order valence-corrected chi connectivity index (χ4v) is 2.91. The van der Waals surface area contributed by atoms with E-state index in [2.05, 4.69) is 10.6 Å². The molecule has 1 unspecified atom stereocenters. The molecular weight excluding hydrogens is 390 g/mol. The van der Waals surface area contributed by atoms with Crippen LogP contribution in [0.4, 0.5) is 16.2 Å². The second-order valence-corrected chi connectivity index (χ2v) is 8.77. The highest BCUT2D eigenvalue weighted by Crippen LogP contribution is 2.30. The molecule has 1 aromatic rings. The van der Waals surface area contributed by atoms with Gasteiger partial charge in [-0.2, -0.15) is 0 Å². The van der Waals surface area contributed by atoms with Gasteiger partial charge in [0.1, 0.15) is 0 Å². The fraction of sp³-hybridized carbons (Fsp3) is 0.476. The predicted octanol–water partition coefficient (Wildman–Crippen LogP) is 2.63. The number of anilines is 2. The van der Waals surface area contributed by atoms with Crippen molar-refractivity contribution in [3.8, 4) is 0 Å². The van der Waals surface area contributed by atoms with Gasteiger partial charge in [0, 0.05) is 23.7 Å².